The first-order valence-electron chi connectivity index (χ1n) is 6.67. The van der Waals surface area contributed by atoms with Gasteiger partial charge in [-0.15, -0.1) is 0 Å². The van der Waals surface area contributed by atoms with Crippen LogP contribution in [0.1, 0.15) is 25.1 Å². The maximum Gasteiger partial charge on any atom is 0.152 e. The molecule has 3 nitrogen and oxygen atoms in total. The Morgan fingerprint density at radius 3 is 2.89 bits per heavy atom. The molecule has 1 saturated heterocycles. The Bertz CT molecular complexity index is 581. The Labute approximate surface area is 117 Å². The van der Waals surface area contributed by atoms with Crippen LogP contribution in [0.4, 0.5) is 0 Å². The Balaban J connectivity index is 1.99. The molecule has 3 unspecified atom stereocenters. The molecule has 102 valence electrons. The number of benzene rings is 1. The summed E-state index contributed by atoms with van der Waals surface area (Å²) in [6.45, 7) is 2.95. The van der Waals surface area contributed by atoms with E-state index in [9.17, 15) is 0 Å². The van der Waals surface area contributed by atoms with Gasteiger partial charge in [0.05, 0.1) is 17.2 Å². The third kappa shape index (κ3) is 2.27. The second kappa shape index (κ2) is 5.16. The molecule has 19 heavy (non-hydrogen) atoms. The highest BCUT2D eigenvalue weighted by molar-refractivity contribution is 6.34. The molecule has 2 aromatic rings. The van der Waals surface area contributed by atoms with E-state index >= 15 is 0 Å². The van der Waals surface area contributed by atoms with Crippen molar-refractivity contribution in [3.63, 3.8) is 0 Å². The molecule has 3 rings (SSSR count). The van der Waals surface area contributed by atoms with Crippen molar-refractivity contribution < 1.29 is 9.15 Å². The minimum absolute atomic E-state index is 0.168. The van der Waals surface area contributed by atoms with E-state index in [1.807, 2.05) is 25.2 Å². The van der Waals surface area contributed by atoms with Gasteiger partial charge >= 0.3 is 0 Å². The lowest BCUT2D eigenvalue weighted by Crippen LogP contribution is -2.29. The lowest BCUT2D eigenvalue weighted by molar-refractivity contribution is 0.0938. The van der Waals surface area contributed by atoms with Gasteiger partial charge in [0.15, 0.2) is 5.58 Å². The predicted molar refractivity (Wildman–Crippen MR) is 76.5 cm³/mol. The van der Waals surface area contributed by atoms with Crippen molar-refractivity contribution >= 4 is 22.6 Å². The van der Waals surface area contributed by atoms with Crippen LogP contribution in [-0.2, 0) is 4.74 Å². The monoisotopic (exact) mass is 279 g/mol. The summed E-state index contributed by atoms with van der Waals surface area (Å²) >= 11 is 6.17. The molecule has 0 amide bonds. The topological polar surface area (TPSA) is 34.4 Å². The highest BCUT2D eigenvalue weighted by atomic mass is 35.5. The fourth-order valence-corrected chi connectivity index (χ4v) is 3.17. The Hall–Kier alpha value is -1.03. The molecule has 4 heteroatoms. The molecule has 1 aromatic heterocycles. The molecule has 3 atom stereocenters. The number of furan rings is 1. The van der Waals surface area contributed by atoms with E-state index in [4.69, 9.17) is 20.8 Å². The molecule has 2 heterocycles. The zero-order chi connectivity index (χ0) is 13.4. The third-order valence-corrected chi connectivity index (χ3v) is 4.29. The quantitative estimate of drug-likeness (QED) is 0.929. The predicted octanol–water partition coefficient (Wildman–Crippen LogP) is 3.77. The number of halogens is 1. The molecule has 1 aromatic carbocycles. The van der Waals surface area contributed by atoms with E-state index in [1.165, 1.54) is 0 Å². The van der Waals surface area contributed by atoms with Crippen LogP contribution in [0.3, 0.4) is 0 Å². The molecule has 0 bridgehead atoms. The van der Waals surface area contributed by atoms with Crippen molar-refractivity contribution in [3.8, 4) is 0 Å². The minimum Gasteiger partial charge on any atom is -0.458 e. The standard InChI is InChI=1S/C15H18ClNO2/c1-9-11(6-7-18-9)14(17-2)13-8-10-4-3-5-12(16)15(10)19-13/h3-5,8-9,11,14,17H,6-7H2,1-2H3. The molecule has 1 aliphatic rings. The lowest BCUT2D eigenvalue weighted by Gasteiger charge is -2.23. The summed E-state index contributed by atoms with van der Waals surface area (Å²) < 4.78 is 11.6. The molecular weight excluding hydrogens is 262 g/mol. The zero-order valence-electron chi connectivity index (χ0n) is 11.2. The van der Waals surface area contributed by atoms with E-state index in [0.29, 0.717) is 10.9 Å². The Morgan fingerprint density at radius 1 is 1.42 bits per heavy atom. The minimum atomic E-state index is 0.168. The van der Waals surface area contributed by atoms with Crippen molar-refractivity contribution in [1.29, 1.82) is 0 Å². The van der Waals surface area contributed by atoms with Crippen LogP contribution < -0.4 is 5.32 Å². The number of para-hydroxylation sites is 1. The first kappa shape index (κ1) is 13.0. The first-order valence-corrected chi connectivity index (χ1v) is 7.05. The van der Waals surface area contributed by atoms with E-state index < -0.39 is 0 Å². The van der Waals surface area contributed by atoms with Gasteiger partial charge in [0.2, 0.25) is 0 Å². The average molecular weight is 280 g/mol. The van der Waals surface area contributed by atoms with Gasteiger partial charge in [-0.1, -0.05) is 23.7 Å². The SMILES string of the molecule is CNC(c1cc2cccc(Cl)c2o1)C1CCOC1C. The summed E-state index contributed by atoms with van der Waals surface area (Å²) in [5.41, 5.74) is 0.769. The van der Waals surface area contributed by atoms with Crippen molar-refractivity contribution in [1.82, 2.24) is 5.32 Å². The number of rotatable bonds is 3. The summed E-state index contributed by atoms with van der Waals surface area (Å²) in [4.78, 5) is 0. The number of hydrogen-bond acceptors (Lipinski definition) is 3. The number of hydrogen-bond donors (Lipinski definition) is 1. The van der Waals surface area contributed by atoms with E-state index in [2.05, 4.69) is 18.3 Å². The van der Waals surface area contributed by atoms with Crippen LogP contribution in [0.2, 0.25) is 5.02 Å². The van der Waals surface area contributed by atoms with Gasteiger partial charge in [0, 0.05) is 17.9 Å². The van der Waals surface area contributed by atoms with Crippen molar-refractivity contribution in [2.75, 3.05) is 13.7 Å². The summed E-state index contributed by atoms with van der Waals surface area (Å²) in [7, 11) is 1.96. The smallest absolute Gasteiger partial charge is 0.152 e. The van der Waals surface area contributed by atoms with Gasteiger partial charge in [-0.05, 0) is 32.5 Å². The normalized spacial score (nSPS) is 25.0. The second-order valence-electron chi connectivity index (χ2n) is 5.10. The molecule has 1 aliphatic heterocycles. The highest BCUT2D eigenvalue weighted by Gasteiger charge is 2.33. The number of nitrogens with one attached hydrogen (secondary N) is 1. The second-order valence-corrected chi connectivity index (χ2v) is 5.51. The molecule has 0 radical (unpaired) electrons. The first-order chi connectivity index (χ1) is 9.20. The summed E-state index contributed by atoms with van der Waals surface area (Å²) in [6.07, 6.45) is 1.30. The Kier molecular flexibility index (Phi) is 3.52. The summed E-state index contributed by atoms with van der Waals surface area (Å²) in [5.74, 6) is 1.37. The molecule has 0 aliphatic carbocycles. The largest absolute Gasteiger partial charge is 0.458 e. The van der Waals surface area contributed by atoms with Crippen molar-refractivity contribution in [3.05, 3.63) is 35.0 Å². The van der Waals surface area contributed by atoms with Gasteiger partial charge in [0.25, 0.3) is 0 Å². The van der Waals surface area contributed by atoms with Gasteiger partial charge in [-0.2, -0.15) is 0 Å². The van der Waals surface area contributed by atoms with Crippen molar-refractivity contribution in [2.45, 2.75) is 25.5 Å². The molecule has 1 N–H and O–H groups in total. The average Bonchev–Trinajstić information content (AvgIpc) is 2.99. The number of ether oxygens (including phenoxy) is 1. The fourth-order valence-electron chi connectivity index (χ4n) is 2.95. The summed E-state index contributed by atoms with van der Waals surface area (Å²) in [6, 6.07) is 8.07. The zero-order valence-corrected chi connectivity index (χ0v) is 11.9. The molecule has 0 spiro atoms. The maximum atomic E-state index is 6.17. The van der Waals surface area contributed by atoms with Crippen LogP contribution in [0.15, 0.2) is 28.7 Å². The highest BCUT2D eigenvalue weighted by Crippen LogP contribution is 2.36. The van der Waals surface area contributed by atoms with Crippen LogP contribution in [-0.4, -0.2) is 19.8 Å². The van der Waals surface area contributed by atoms with Crippen LogP contribution in [0.25, 0.3) is 11.0 Å². The molecule has 0 saturated carbocycles. The summed E-state index contributed by atoms with van der Waals surface area (Å²) in [5, 5.41) is 5.07. The van der Waals surface area contributed by atoms with E-state index in [0.717, 1.165) is 29.8 Å². The third-order valence-electron chi connectivity index (χ3n) is 4.00. The van der Waals surface area contributed by atoms with Gasteiger partial charge in [-0.25, -0.2) is 0 Å². The Morgan fingerprint density at radius 2 is 2.26 bits per heavy atom. The maximum absolute atomic E-state index is 6.17. The van der Waals surface area contributed by atoms with Gasteiger partial charge < -0.3 is 14.5 Å². The molecular formula is C15H18ClNO2. The fraction of sp³-hybridized carbons (Fsp3) is 0.467. The molecule has 1 fully saturated rings. The van der Waals surface area contributed by atoms with Gasteiger partial charge in [-0.3, -0.25) is 0 Å². The van der Waals surface area contributed by atoms with Crippen LogP contribution >= 0.6 is 11.6 Å². The van der Waals surface area contributed by atoms with Crippen molar-refractivity contribution in [2.24, 2.45) is 5.92 Å². The van der Waals surface area contributed by atoms with Crippen LogP contribution in [0.5, 0.6) is 0 Å². The van der Waals surface area contributed by atoms with E-state index in [-0.39, 0.29) is 12.1 Å². The van der Waals surface area contributed by atoms with Crippen LogP contribution in [0, 0.1) is 5.92 Å². The van der Waals surface area contributed by atoms with Gasteiger partial charge in [0.1, 0.15) is 5.76 Å². The number of fused-ring (bicyclic) bond motifs is 1. The van der Waals surface area contributed by atoms with E-state index in [1.54, 1.807) is 0 Å². The lowest BCUT2D eigenvalue weighted by atomic mass is 9.92.